The first-order valence-electron chi connectivity index (χ1n) is 7.00. The SMILES string of the molecule is COc1c(F)cc(F)cc1C1(O)CC2COCC(C1)N2C. The Morgan fingerprint density at radius 1 is 1.29 bits per heavy atom. The van der Waals surface area contributed by atoms with Gasteiger partial charge in [0.25, 0.3) is 0 Å². The van der Waals surface area contributed by atoms with Crippen LogP contribution in [0.5, 0.6) is 5.75 Å². The van der Waals surface area contributed by atoms with E-state index in [4.69, 9.17) is 9.47 Å². The maximum atomic E-state index is 13.9. The van der Waals surface area contributed by atoms with Gasteiger partial charge in [0.15, 0.2) is 11.6 Å². The quantitative estimate of drug-likeness (QED) is 0.902. The van der Waals surface area contributed by atoms with Gasteiger partial charge in [-0.1, -0.05) is 0 Å². The molecule has 2 aliphatic rings. The Hall–Kier alpha value is -1.24. The summed E-state index contributed by atoms with van der Waals surface area (Å²) in [7, 11) is 3.31. The minimum absolute atomic E-state index is 0.0264. The fraction of sp³-hybridized carbons (Fsp3) is 0.600. The molecule has 3 rings (SSSR count). The number of aliphatic hydroxyl groups is 1. The molecule has 2 saturated heterocycles. The molecule has 0 radical (unpaired) electrons. The number of piperidine rings is 1. The van der Waals surface area contributed by atoms with Crippen molar-refractivity contribution in [2.45, 2.75) is 30.5 Å². The fourth-order valence-corrected chi connectivity index (χ4v) is 3.48. The largest absolute Gasteiger partial charge is 0.493 e. The van der Waals surface area contributed by atoms with E-state index in [0.717, 1.165) is 6.07 Å². The van der Waals surface area contributed by atoms with Gasteiger partial charge >= 0.3 is 0 Å². The van der Waals surface area contributed by atoms with Crippen LogP contribution in [0.25, 0.3) is 0 Å². The zero-order chi connectivity index (χ0) is 15.2. The van der Waals surface area contributed by atoms with Crippen molar-refractivity contribution in [3.05, 3.63) is 29.3 Å². The highest BCUT2D eigenvalue weighted by Crippen LogP contribution is 2.44. The van der Waals surface area contributed by atoms with Crippen LogP contribution >= 0.6 is 0 Å². The van der Waals surface area contributed by atoms with Crippen molar-refractivity contribution < 1.29 is 23.4 Å². The second-order valence-corrected chi connectivity index (χ2v) is 5.92. The van der Waals surface area contributed by atoms with Gasteiger partial charge in [0.1, 0.15) is 5.82 Å². The van der Waals surface area contributed by atoms with Crippen molar-refractivity contribution >= 4 is 0 Å². The average molecular weight is 299 g/mol. The van der Waals surface area contributed by atoms with Gasteiger partial charge < -0.3 is 14.6 Å². The van der Waals surface area contributed by atoms with E-state index in [1.54, 1.807) is 0 Å². The normalized spacial score (nSPS) is 33.0. The molecule has 0 aliphatic carbocycles. The topological polar surface area (TPSA) is 41.9 Å². The van der Waals surface area contributed by atoms with Crippen molar-refractivity contribution in [1.29, 1.82) is 0 Å². The second kappa shape index (κ2) is 5.19. The van der Waals surface area contributed by atoms with Gasteiger partial charge in [0.05, 0.1) is 25.9 Å². The number of benzene rings is 1. The van der Waals surface area contributed by atoms with Gasteiger partial charge in [0.2, 0.25) is 0 Å². The molecule has 0 amide bonds. The van der Waals surface area contributed by atoms with Crippen molar-refractivity contribution in [3.8, 4) is 5.75 Å². The Bertz CT molecular complexity index is 538. The summed E-state index contributed by atoms with van der Waals surface area (Å²) in [4.78, 5) is 2.17. The summed E-state index contributed by atoms with van der Waals surface area (Å²) < 4.78 is 38.0. The Morgan fingerprint density at radius 3 is 2.48 bits per heavy atom. The number of likely N-dealkylation sites (N-methyl/N-ethyl adjacent to an activating group) is 1. The molecule has 6 heteroatoms. The third-order valence-electron chi connectivity index (χ3n) is 4.63. The third-order valence-corrected chi connectivity index (χ3v) is 4.63. The maximum absolute atomic E-state index is 13.9. The first-order chi connectivity index (χ1) is 9.94. The number of nitrogens with zero attached hydrogens (tertiary/aromatic N) is 1. The van der Waals surface area contributed by atoms with Crippen LogP contribution < -0.4 is 4.74 Å². The minimum Gasteiger partial charge on any atom is -0.493 e. The highest BCUT2D eigenvalue weighted by Gasteiger charge is 2.47. The van der Waals surface area contributed by atoms with Gasteiger partial charge in [-0.3, -0.25) is 4.90 Å². The lowest BCUT2D eigenvalue weighted by Gasteiger charge is -2.50. The first kappa shape index (κ1) is 14.7. The lowest BCUT2D eigenvalue weighted by atomic mass is 9.76. The van der Waals surface area contributed by atoms with Gasteiger partial charge in [-0.15, -0.1) is 0 Å². The summed E-state index contributed by atoms with van der Waals surface area (Å²) in [5.74, 6) is -1.58. The van der Waals surface area contributed by atoms with Crippen LogP contribution in [0.1, 0.15) is 18.4 Å². The highest BCUT2D eigenvalue weighted by atomic mass is 19.1. The molecule has 2 unspecified atom stereocenters. The summed E-state index contributed by atoms with van der Waals surface area (Å²) >= 11 is 0. The van der Waals surface area contributed by atoms with Gasteiger partial charge in [-0.2, -0.15) is 0 Å². The molecule has 0 spiro atoms. The summed E-state index contributed by atoms with van der Waals surface area (Å²) in [5, 5.41) is 11.0. The van der Waals surface area contributed by atoms with Crippen LogP contribution in [0.2, 0.25) is 0 Å². The number of halogens is 2. The Labute approximate surface area is 122 Å². The molecule has 0 aromatic heterocycles. The fourth-order valence-electron chi connectivity index (χ4n) is 3.48. The van der Waals surface area contributed by atoms with Crippen molar-refractivity contribution in [1.82, 2.24) is 4.90 Å². The molecule has 1 aromatic rings. The molecule has 1 aromatic carbocycles. The number of methoxy groups -OCH3 is 1. The molecule has 2 fully saturated rings. The lowest BCUT2D eigenvalue weighted by Crippen LogP contribution is -2.59. The molecule has 116 valence electrons. The molecule has 0 saturated carbocycles. The standard InChI is InChI=1S/C15H19F2NO3/c1-18-10-5-15(19,6-11(18)8-21-7-10)12-3-9(16)4-13(17)14(12)20-2/h3-4,10-11,19H,5-8H2,1-2H3. The van der Waals surface area contributed by atoms with Crippen LogP contribution in [0.15, 0.2) is 12.1 Å². The van der Waals surface area contributed by atoms with Crippen molar-refractivity contribution in [2.75, 3.05) is 27.4 Å². The van der Waals surface area contributed by atoms with Crippen LogP contribution in [0.3, 0.4) is 0 Å². The molecule has 2 atom stereocenters. The van der Waals surface area contributed by atoms with Crippen molar-refractivity contribution in [2.24, 2.45) is 0 Å². The van der Waals surface area contributed by atoms with E-state index in [1.165, 1.54) is 13.2 Å². The van der Waals surface area contributed by atoms with Crippen LogP contribution in [-0.2, 0) is 10.3 Å². The molecule has 4 nitrogen and oxygen atoms in total. The summed E-state index contributed by atoms with van der Waals surface area (Å²) in [6, 6.07) is 1.99. The van der Waals surface area contributed by atoms with E-state index in [-0.39, 0.29) is 23.4 Å². The molecular weight excluding hydrogens is 280 g/mol. The van der Waals surface area contributed by atoms with E-state index in [0.29, 0.717) is 26.1 Å². The monoisotopic (exact) mass is 299 g/mol. The number of hydrogen-bond donors (Lipinski definition) is 1. The summed E-state index contributed by atoms with van der Waals surface area (Å²) in [6.07, 6.45) is 0.721. The zero-order valence-electron chi connectivity index (χ0n) is 12.1. The van der Waals surface area contributed by atoms with Crippen molar-refractivity contribution in [3.63, 3.8) is 0 Å². The average Bonchev–Trinajstić information content (AvgIpc) is 2.40. The van der Waals surface area contributed by atoms with Crippen LogP contribution in [0.4, 0.5) is 8.78 Å². The predicted molar refractivity (Wildman–Crippen MR) is 72.2 cm³/mol. The first-order valence-corrected chi connectivity index (χ1v) is 7.00. The van der Waals surface area contributed by atoms with E-state index in [2.05, 4.69) is 4.90 Å². The summed E-state index contributed by atoms with van der Waals surface area (Å²) in [5.41, 5.74) is -1.12. The number of fused-ring (bicyclic) bond motifs is 2. The molecule has 2 heterocycles. The van der Waals surface area contributed by atoms with Gasteiger partial charge in [0, 0.05) is 23.7 Å². The lowest BCUT2D eigenvalue weighted by molar-refractivity contribution is -0.138. The maximum Gasteiger partial charge on any atom is 0.168 e. The minimum atomic E-state index is -1.31. The molecule has 2 bridgehead atoms. The van der Waals surface area contributed by atoms with Gasteiger partial charge in [-0.25, -0.2) is 8.78 Å². The third kappa shape index (κ3) is 2.41. The highest BCUT2D eigenvalue weighted by molar-refractivity contribution is 5.40. The van der Waals surface area contributed by atoms with Gasteiger partial charge in [-0.05, 0) is 26.0 Å². The summed E-state index contributed by atoms with van der Waals surface area (Å²) in [6.45, 7) is 1.02. The van der Waals surface area contributed by atoms with E-state index in [1.807, 2.05) is 7.05 Å². The second-order valence-electron chi connectivity index (χ2n) is 5.92. The van der Waals surface area contributed by atoms with E-state index >= 15 is 0 Å². The number of ether oxygens (including phenoxy) is 2. The Kier molecular flexibility index (Phi) is 3.63. The van der Waals surface area contributed by atoms with E-state index in [9.17, 15) is 13.9 Å². The molecular formula is C15H19F2NO3. The number of rotatable bonds is 2. The molecule has 1 N–H and O–H groups in total. The Morgan fingerprint density at radius 2 is 1.90 bits per heavy atom. The smallest absolute Gasteiger partial charge is 0.168 e. The number of morpholine rings is 1. The molecule has 21 heavy (non-hydrogen) atoms. The zero-order valence-corrected chi connectivity index (χ0v) is 12.1. The Balaban J connectivity index is 2.03. The number of hydrogen-bond acceptors (Lipinski definition) is 4. The van der Waals surface area contributed by atoms with Crippen LogP contribution in [-0.4, -0.2) is 49.5 Å². The predicted octanol–water partition coefficient (Wildman–Crippen LogP) is 1.65. The van der Waals surface area contributed by atoms with Crippen LogP contribution in [0, 0.1) is 11.6 Å². The molecule has 2 aliphatic heterocycles. The van der Waals surface area contributed by atoms with E-state index < -0.39 is 17.2 Å².